The molecule has 188 valence electrons. The molecule has 2 saturated carbocycles. The number of hydrogen-bond donors (Lipinski definition) is 0. The van der Waals surface area contributed by atoms with Gasteiger partial charge in [-0.1, -0.05) is 0 Å². The Hall–Kier alpha value is 0.0738. The molecule has 2 aliphatic heterocycles. The molecule has 0 aromatic heterocycles. The molecule has 0 amide bonds. The third kappa shape index (κ3) is 6.00. The average molecular weight is 495 g/mol. The van der Waals surface area contributed by atoms with Crippen molar-refractivity contribution < 1.29 is 40.8 Å². The molecule has 0 radical (unpaired) electrons. The normalized spacial score (nSPS) is 33.2. The first kappa shape index (κ1) is 26.7. The maximum absolute atomic E-state index is 5.67. The van der Waals surface area contributed by atoms with Gasteiger partial charge < -0.3 is 40.8 Å². The van der Waals surface area contributed by atoms with Gasteiger partial charge >= 0.3 is 17.6 Å². The lowest BCUT2D eigenvalue weighted by atomic mass is 9.60. The lowest BCUT2D eigenvalue weighted by Gasteiger charge is -2.55. The van der Waals surface area contributed by atoms with Gasteiger partial charge in [-0.05, 0) is 43.9 Å². The van der Waals surface area contributed by atoms with E-state index in [1.165, 1.54) is 32.1 Å². The van der Waals surface area contributed by atoms with Gasteiger partial charge in [-0.25, -0.2) is 0 Å². The minimum Gasteiger partial charge on any atom is -0.379 e. The lowest BCUT2D eigenvalue weighted by molar-refractivity contribution is 0.0113. The van der Waals surface area contributed by atoms with Crippen molar-refractivity contribution in [1.29, 1.82) is 0 Å². The summed E-state index contributed by atoms with van der Waals surface area (Å²) < 4.78 is 49.0. The first-order valence-corrected chi connectivity index (χ1v) is 15.3. The van der Waals surface area contributed by atoms with Crippen LogP contribution < -0.4 is 0 Å². The average Bonchev–Trinajstić information content (AvgIpc) is 3.75. The van der Waals surface area contributed by atoms with Gasteiger partial charge in [0.2, 0.25) is 0 Å². The van der Waals surface area contributed by atoms with Crippen molar-refractivity contribution >= 4 is 17.6 Å². The van der Waals surface area contributed by atoms with Crippen molar-refractivity contribution in [1.82, 2.24) is 0 Å². The summed E-state index contributed by atoms with van der Waals surface area (Å²) in [6.07, 6.45) is 8.41. The van der Waals surface area contributed by atoms with E-state index in [2.05, 4.69) is 0 Å². The van der Waals surface area contributed by atoms with Crippen LogP contribution in [0.3, 0.4) is 0 Å². The van der Waals surface area contributed by atoms with Crippen LogP contribution in [0.4, 0.5) is 0 Å². The third-order valence-electron chi connectivity index (χ3n) is 7.58. The second kappa shape index (κ2) is 11.7. The van der Waals surface area contributed by atoms with Gasteiger partial charge in [0.15, 0.2) is 0 Å². The molecule has 9 nitrogen and oxygen atoms in total. The van der Waals surface area contributed by atoms with E-state index in [0.717, 1.165) is 19.1 Å². The first-order chi connectivity index (χ1) is 15.5. The maximum Gasteiger partial charge on any atom is 0.503 e. The topological polar surface area (TPSA) is 89.7 Å². The molecule has 4 rings (SSSR count). The van der Waals surface area contributed by atoms with E-state index in [1.807, 2.05) is 0 Å². The molecule has 5 atom stereocenters. The van der Waals surface area contributed by atoms with Crippen LogP contribution in [0.5, 0.6) is 0 Å². The predicted octanol–water partition coefficient (Wildman–Crippen LogP) is 2.64. The monoisotopic (exact) mass is 494 g/mol. The molecule has 2 heterocycles. The molecule has 4 fully saturated rings. The fourth-order valence-electron chi connectivity index (χ4n) is 5.34. The van der Waals surface area contributed by atoms with Gasteiger partial charge in [0, 0.05) is 60.9 Å². The quantitative estimate of drug-likeness (QED) is 0.218. The lowest BCUT2D eigenvalue weighted by Crippen LogP contribution is -2.58. The second-order valence-electron chi connectivity index (χ2n) is 9.05. The Morgan fingerprint density at radius 2 is 1.47 bits per heavy atom. The fraction of sp³-hybridized carbons (Fsp3) is 1.00. The SMILES string of the molecule is CO[Si](CCCOCC1CO1)(OC)OC.CO[Si](OC)(OC)C1CCC12CCC1OC1C2. The number of ether oxygens (including phenoxy) is 3. The van der Waals surface area contributed by atoms with Crippen molar-refractivity contribution in [3.63, 3.8) is 0 Å². The molecule has 0 aromatic rings. The van der Waals surface area contributed by atoms with Crippen LogP contribution >= 0.6 is 0 Å². The van der Waals surface area contributed by atoms with Gasteiger partial charge in [0.05, 0.1) is 25.4 Å². The fourth-order valence-corrected chi connectivity index (χ4v) is 10.0. The zero-order valence-electron chi connectivity index (χ0n) is 20.6. The van der Waals surface area contributed by atoms with Crippen molar-refractivity contribution in [2.45, 2.75) is 68.4 Å². The highest BCUT2D eigenvalue weighted by Gasteiger charge is 2.66. The molecular formula is C21H42O9Si2. The summed E-state index contributed by atoms with van der Waals surface area (Å²) in [4.78, 5) is 0. The Morgan fingerprint density at radius 1 is 0.844 bits per heavy atom. The summed E-state index contributed by atoms with van der Waals surface area (Å²) >= 11 is 0. The van der Waals surface area contributed by atoms with Crippen LogP contribution in [0.15, 0.2) is 0 Å². The summed E-state index contributed by atoms with van der Waals surface area (Å²) in [5, 5.41) is 0. The highest BCUT2D eigenvalue weighted by molar-refractivity contribution is 6.62. The number of fused-ring (bicyclic) bond motifs is 1. The smallest absolute Gasteiger partial charge is 0.379 e. The highest BCUT2D eigenvalue weighted by atomic mass is 28.4. The summed E-state index contributed by atoms with van der Waals surface area (Å²) in [5.74, 6) is 0. The number of hydrogen-bond acceptors (Lipinski definition) is 9. The molecule has 5 unspecified atom stereocenters. The molecule has 0 N–H and O–H groups in total. The summed E-state index contributed by atoms with van der Waals surface area (Å²) in [6.45, 7) is 2.24. The van der Waals surface area contributed by atoms with E-state index in [1.54, 1.807) is 42.7 Å². The molecule has 0 aromatic carbocycles. The van der Waals surface area contributed by atoms with Gasteiger partial charge in [0.25, 0.3) is 0 Å². The molecule has 32 heavy (non-hydrogen) atoms. The van der Waals surface area contributed by atoms with Gasteiger partial charge in [-0.3, -0.25) is 0 Å². The third-order valence-corrected chi connectivity index (χ3v) is 13.9. The number of rotatable bonds is 13. The second-order valence-corrected chi connectivity index (χ2v) is 15.3. The van der Waals surface area contributed by atoms with Crippen LogP contribution in [-0.4, -0.2) is 98.4 Å². The first-order valence-electron chi connectivity index (χ1n) is 11.6. The zero-order valence-corrected chi connectivity index (χ0v) is 22.6. The number of epoxide rings is 2. The van der Waals surface area contributed by atoms with Crippen LogP contribution in [0.1, 0.15) is 38.5 Å². The molecule has 2 saturated heterocycles. The van der Waals surface area contributed by atoms with E-state index in [4.69, 9.17) is 40.8 Å². The summed E-state index contributed by atoms with van der Waals surface area (Å²) in [5.41, 5.74) is 0.853. The van der Waals surface area contributed by atoms with Crippen LogP contribution in [0.2, 0.25) is 11.6 Å². The Bertz CT molecular complexity index is 555. The highest BCUT2D eigenvalue weighted by Crippen LogP contribution is 2.65. The molecule has 0 bridgehead atoms. The summed E-state index contributed by atoms with van der Waals surface area (Å²) in [7, 11) is 5.20. The zero-order chi connectivity index (χ0) is 23.2. The molecule has 11 heteroatoms. The van der Waals surface area contributed by atoms with Crippen LogP contribution in [0.25, 0.3) is 0 Å². The van der Waals surface area contributed by atoms with Gasteiger partial charge in [-0.2, -0.15) is 0 Å². The maximum atomic E-state index is 5.67. The molecule has 2 aliphatic carbocycles. The van der Waals surface area contributed by atoms with Crippen molar-refractivity contribution in [2.24, 2.45) is 5.41 Å². The molecule has 4 aliphatic rings. The van der Waals surface area contributed by atoms with E-state index in [-0.39, 0.29) is 0 Å². The van der Waals surface area contributed by atoms with Crippen LogP contribution in [-0.2, 0) is 40.8 Å². The minimum absolute atomic E-state index is 0.333. The molecule has 1 spiro atoms. The standard InChI is InChI=1S/C12H22O4Si.C9H20O5Si/c1-13-17(14-2,15-3)11-5-7-12(11)6-4-9-10(8-12)16-9;1-10-15(11-2,12-3)6-4-5-13-7-9-8-14-9/h9-11H,4-8H2,1-3H3;9H,4-8H2,1-3H3. The molecular weight excluding hydrogens is 452 g/mol. The van der Waals surface area contributed by atoms with E-state index < -0.39 is 17.6 Å². The Morgan fingerprint density at radius 3 is 1.94 bits per heavy atom. The van der Waals surface area contributed by atoms with Crippen molar-refractivity contribution in [3.05, 3.63) is 0 Å². The van der Waals surface area contributed by atoms with Crippen molar-refractivity contribution in [2.75, 3.05) is 62.5 Å². The Labute approximate surface area is 195 Å². The summed E-state index contributed by atoms with van der Waals surface area (Å²) in [6, 6.07) is 0.780. The van der Waals surface area contributed by atoms with Gasteiger partial charge in [-0.15, -0.1) is 0 Å². The Kier molecular flexibility index (Phi) is 9.73. The predicted molar refractivity (Wildman–Crippen MR) is 121 cm³/mol. The van der Waals surface area contributed by atoms with Crippen LogP contribution in [0, 0.1) is 5.41 Å². The minimum atomic E-state index is -2.46. The Balaban J connectivity index is 0.000000183. The van der Waals surface area contributed by atoms with E-state index >= 15 is 0 Å². The van der Waals surface area contributed by atoms with E-state index in [9.17, 15) is 0 Å². The van der Waals surface area contributed by atoms with Crippen molar-refractivity contribution in [3.8, 4) is 0 Å². The van der Waals surface area contributed by atoms with Gasteiger partial charge in [0.1, 0.15) is 6.10 Å². The van der Waals surface area contributed by atoms with E-state index in [0.29, 0.717) is 42.5 Å². The largest absolute Gasteiger partial charge is 0.503 e.